The van der Waals surface area contributed by atoms with Crippen LogP contribution in [0.3, 0.4) is 0 Å². The molecule has 0 amide bonds. The molecule has 6 nitrogen and oxygen atoms in total. The average Bonchev–Trinajstić information content (AvgIpc) is 2.71. The van der Waals surface area contributed by atoms with Crippen molar-refractivity contribution >= 4 is 10.0 Å². The molecule has 1 aromatic heterocycles. The number of hydrogen-bond donors (Lipinski definition) is 0. The number of aromatic nitrogens is 3. The summed E-state index contributed by atoms with van der Waals surface area (Å²) in [5.41, 5.74) is 0. The zero-order valence-electron chi connectivity index (χ0n) is 9.48. The first-order chi connectivity index (χ1) is 8.25. The van der Waals surface area contributed by atoms with Gasteiger partial charge < -0.3 is 4.57 Å². The molecule has 1 aliphatic heterocycles. The van der Waals surface area contributed by atoms with Gasteiger partial charge in [-0.3, -0.25) is 0 Å². The summed E-state index contributed by atoms with van der Waals surface area (Å²) in [7, 11) is -3.42. The molecule has 10 heteroatoms. The molecule has 2 rings (SSSR count). The lowest BCUT2D eigenvalue weighted by molar-refractivity contribution is -0.147. The largest absolute Gasteiger partial charge is 0.451 e. The van der Waals surface area contributed by atoms with E-state index in [2.05, 4.69) is 10.2 Å². The SMILES string of the molecule is CCS(=O)(=O)N1CCn2c(nnc2C(F)(F)F)C1. The molecule has 0 aromatic carbocycles. The highest BCUT2D eigenvalue weighted by Crippen LogP contribution is 2.29. The van der Waals surface area contributed by atoms with Gasteiger partial charge in [0.1, 0.15) is 5.82 Å². The monoisotopic (exact) mass is 284 g/mol. The molecule has 0 bridgehead atoms. The van der Waals surface area contributed by atoms with Crippen molar-refractivity contribution < 1.29 is 21.6 Å². The van der Waals surface area contributed by atoms with Gasteiger partial charge in [-0.05, 0) is 6.92 Å². The van der Waals surface area contributed by atoms with Crippen molar-refractivity contribution in [2.24, 2.45) is 0 Å². The van der Waals surface area contributed by atoms with E-state index in [0.29, 0.717) is 0 Å². The van der Waals surface area contributed by atoms with Crippen molar-refractivity contribution in [3.8, 4) is 0 Å². The van der Waals surface area contributed by atoms with Gasteiger partial charge in [0.2, 0.25) is 15.8 Å². The maximum Gasteiger partial charge on any atom is 0.451 e. The van der Waals surface area contributed by atoms with Crippen LogP contribution in [-0.2, 0) is 29.3 Å². The summed E-state index contributed by atoms with van der Waals surface area (Å²) in [6, 6.07) is 0. The molecule has 0 atom stereocenters. The summed E-state index contributed by atoms with van der Waals surface area (Å²) >= 11 is 0. The molecular formula is C8H11F3N4O2S. The zero-order valence-corrected chi connectivity index (χ0v) is 10.3. The Kier molecular flexibility index (Phi) is 3.09. The van der Waals surface area contributed by atoms with Crippen LogP contribution in [0.15, 0.2) is 0 Å². The minimum Gasteiger partial charge on any atom is -0.305 e. The van der Waals surface area contributed by atoms with Crippen LogP contribution in [0.25, 0.3) is 0 Å². The zero-order chi connectivity index (χ0) is 13.6. The third kappa shape index (κ3) is 2.21. The van der Waals surface area contributed by atoms with Crippen molar-refractivity contribution in [3.05, 3.63) is 11.6 Å². The predicted molar refractivity (Wildman–Crippen MR) is 54.9 cm³/mol. The van der Waals surface area contributed by atoms with Crippen LogP contribution in [0.4, 0.5) is 13.2 Å². The van der Waals surface area contributed by atoms with Crippen molar-refractivity contribution in [2.75, 3.05) is 12.3 Å². The fourth-order valence-corrected chi connectivity index (χ4v) is 2.80. The van der Waals surface area contributed by atoms with E-state index in [1.165, 1.54) is 6.92 Å². The van der Waals surface area contributed by atoms with Crippen molar-refractivity contribution in [1.29, 1.82) is 0 Å². The second-order valence-electron chi connectivity index (χ2n) is 3.82. The molecule has 0 aliphatic carbocycles. The minimum absolute atomic E-state index is 0.00426. The fraction of sp³-hybridized carbons (Fsp3) is 0.750. The molecule has 2 heterocycles. The number of halogens is 3. The van der Waals surface area contributed by atoms with Crippen LogP contribution in [0, 0.1) is 0 Å². The smallest absolute Gasteiger partial charge is 0.305 e. The van der Waals surface area contributed by atoms with Gasteiger partial charge in [0, 0.05) is 13.1 Å². The first-order valence-corrected chi connectivity index (χ1v) is 6.83. The summed E-state index contributed by atoms with van der Waals surface area (Å²) in [4.78, 5) is 0. The third-order valence-electron chi connectivity index (χ3n) is 2.73. The number of rotatable bonds is 2. The first-order valence-electron chi connectivity index (χ1n) is 5.23. The van der Waals surface area contributed by atoms with Crippen LogP contribution < -0.4 is 0 Å². The number of fused-ring (bicyclic) bond motifs is 1. The van der Waals surface area contributed by atoms with Crippen molar-refractivity contribution in [3.63, 3.8) is 0 Å². The molecular weight excluding hydrogens is 273 g/mol. The molecule has 1 aromatic rings. The van der Waals surface area contributed by atoms with Crippen molar-refractivity contribution in [1.82, 2.24) is 19.1 Å². The van der Waals surface area contributed by atoms with Crippen molar-refractivity contribution in [2.45, 2.75) is 26.2 Å². The van der Waals surface area contributed by atoms with E-state index in [0.717, 1.165) is 8.87 Å². The van der Waals surface area contributed by atoms with E-state index in [-0.39, 0.29) is 31.2 Å². The van der Waals surface area contributed by atoms with Crippen LogP contribution in [0.1, 0.15) is 18.6 Å². The number of nitrogens with zero attached hydrogens (tertiary/aromatic N) is 4. The van der Waals surface area contributed by atoms with Crippen LogP contribution in [-0.4, -0.2) is 39.8 Å². The molecule has 102 valence electrons. The highest BCUT2D eigenvalue weighted by Gasteiger charge is 2.40. The van der Waals surface area contributed by atoms with E-state index in [1.54, 1.807) is 0 Å². The average molecular weight is 284 g/mol. The van der Waals surface area contributed by atoms with Gasteiger partial charge in [-0.2, -0.15) is 17.5 Å². The molecule has 0 spiro atoms. The number of sulfonamides is 1. The summed E-state index contributed by atoms with van der Waals surface area (Å²) in [6.07, 6.45) is -4.57. The molecule has 0 saturated carbocycles. The van der Waals surface area contributed by atoms with Gasteiger partial charge in [-0.15, -0.1) is 10.2 Å². The quantitative estimate of drug-likeness (QED) is 0.791. The highest BCUT2D eigenvalue weighted by molar-refractivity contribution is 7.89. The summed E-state index contributed by atoms with van der Waals surface area (Å²) < 4.78 is 62.9. The molecule has 18 heavy (non-hydrogen) atoms. The van der Waals surface area contributed by atoms with E-state index in [1.807, 2.05) is 0 Å². The second kappa shape index (κ2) is 4.19. The second-order valence-corrected chi connectivity index (χ2v) is 6.08. The molecule has 1 aliphatic rings. The molecule has 0 unspecified atom stereocenters. The van der Waals surface area contributed by atoms with Crippen LogP contribution in [0.2, 0.25) is 0 Å². The molecule has 0 fully saturated rings. The normalized spacial score (nSPS) is 17.8. The van der Waals surface area contributed by atoms with Crippen LogP contribution in [0.5, 0.6) is 0 Å². The topological polar surface area (TPSA) is 68.1 Å². The van der Waals surface area contributed by atoms with Gasteiger partial charge in [0.25, 0.3) is 0 Å². The summed E-state index contributed by atoms with van der Waals surface area (Å²) in [6.45, 7) is 1.23. The lowest BCUT2D eigenvalue weighted by atomic mass is 10.4. The minimum atomic E-state index is -4.57. The fourth-order valence-electron chi connectivity index (χ4n) is 1.77. The van der Waals surface area contributed by atoms with Gasteiger partial charge in [-0.1, -0.05) is 0 Å². The number of alkyl halides is 3. The van der Waals surface area contributed by atoms with Gasteiger partial charge in [-0.25, -0.2) is 8.42 Å². The first kappa shape index (κ1) is 13.3. The van der Waals surface area contributed by atoms with E-state index in [9.17, 15) is 21.6 Å². The Hall–Kier alpha value is -1.16. The summed E-state index contributed by atoms with van der Waals surface area (Å²) in [5, 5.41) is 6.49. The lowest BCUT2D eigenvalue weighted by Gasteiger charge is -2.26. The standard InChI is InChI=1S/C8H11F3N4O2S/c1-2-18(16,17)14-3-4-15-6(5-14)12-13-7(15)8(9,10)11/h2-5H2,1H3. The maximum atomic E-state index is 12.6. The van der Waals surface area contributed by atoms with Gasteiger partial charge in [0.15, 0.2) is 0 Å². The van der Waals surface area contributed by atoms with E-state index < -0.39 is 22.0 Å². The van der Waals surface area contributed by atoms with E-state index in [4.69, 9.17) is 0 Å². The lowest BCUT2D eigenvalue weighted by Crippen LogP contribution is -2.40. The van der Waals surface area contributed by atoms with E-state index >= 15 is 0 Å². The Labute approximate surface area is 101 Å². The Balaban J connectivity index is 2.31. The maximum absolute atomic E-state index is 12.6. The van der Waals surface area contributed by atoms with Gasteiger partial charge in [0.05, 0.1) is 12.3 Å². The van der Waals surface area contributed by atoms with Gasteiger partial charge >= 0.3 is 6.18 Å². The van der Waals surface area contributed by atoms with Crippen LogP contribution >= 0.6 is 0 Å². The highest BCUT2D eigenvalue weighted by atomic mass is 32.2. The Morgan fingerprint density at radius 2 is 1.94 bits per heavy atom. The third-order valence-corrected chi connectivity index (χ3v) is 4.56. The summed E-state index contributed by atoms with van der Waals surface area (Å²) in [5.74, 6) is -1.15. The Morgan fingerprint density at radius 1 is 1.28 bits per heavy atom. The predicted octanol–water partition coefficient (Wildman–Crippen LogP) is 0.462. The molecule has 0 saturated heterocycles. The Morgan fingerprint density at radius 3 is 2.50 bits per heavy atom. The molecule has 0 radical (unpaired) electrons. The number of hydrogen-bond acceptors (Lipinski definition) is 4. The Bertz CT molecular complexity index is 551. The molecule has 0 N–H and O–H groups in total.